The van der Waals surface area contributed by atoms with E-state index in [4.69, 9.17) is 17.0 Å². The number of pyridine rings is 1. The van der Waals surface area contributed by atoms with Crippen LogP contribution in [0.15, 0.2) is 35.4 Å². The molecule has 0 unspecified atom stereocenters. The Kier molecular flexibility index (Phi) is 6.71. The number of hydrogen-bond donors (Lipinski definition) is 1. The fraction of sp³-hybridized carbons (Fsp3) is 0.333. The topological polar surface area (TPSA) is 96.6 Å². The number of carbonyl (C=O) groups excluding carboxylic acids is 1. The summed E-state index contributed by atoms with van der Waals surface area (Å²) in [5.41, 5.74) is 7.80. The molecule has 3 rings (SSSR count). The molecule has 0 radical (unpaired) electrons. The summed E-state index contributed by atoms with van der Waals surface area (Å²) >= 11 is 1.16. The van der Waals surface area contributed by atoms with Crippen molar-refractivity contribution in [3.63, 3.8) is 0 Å². The highest BCUT2D eigenvalue weighted by Crippen LogP contribution is 2.42. The number of benzene rings is 1. The SMILES string of the molecule is [C-]#[N+]c1c(N2CCOCC2)nc(S[C@@H](C(N)=O)c2ccccc2)c(C#N)c1CC. The molecule has 1 atom stereocenters. The number of amides is 1. The quantitative estimate of drug-likeness (QED) is 0.583. The first-order valence-electron chi connectivity index (χ1n) is 9.28. The number of thioether (sulfide) groups is 1. The van der Waals surface area contributed by atoms with E-state index in [1.807, 2.05) is 42.2 Å². The molecule has 1 fully saturated rings. The molecule has 0 aliphatic carbocycles. The van der Waals surface area contributed by atoms with Gasteiger partial charge in [0.2, 0.25) is 11.6 Å². The van der Waals surface area contributed by atoms with Gasteiger partial charge in [-0.05, 0) is 17.5 Å². The lowest BCUT2D eigenvalue weighted by molar-refractivity contribution is -0.117. The van der Waals surface area contributed by atoms with E-state index in [1.165, 1.54) is 0 Å². The van der Waals surface area contributed by atoms with Crippen LogP contribution in [-0.2, 0) is 16.0 Å². The number of nitriles is 1. The first-order valence-corrected chi connectivity index (χ1v) is 10.2. The molecule has 1 aliphatic heterocycles. The van der Waals surface area contributed by atoms with E-state index in [2.05, 4.69) is 15.9 Å². The highest BCUT2D eigenvalue weighted by Gasteiger charge is 2.27. The smallest absolute Gasteiger partial charge is 0.235 e. The first-order chi connectivity index (χ1) is 14.1. The second-order valence-corrected chi connectivity index (χ2v) is 7.52. The lowest BCUT2D eigenvalue weighted by atomic mass is 10.1. The molecule has 1 aromatic heterocycles. The van der Waals surface area contributed by atoms with Crippen LogP contribution >= 0.6 is 11.8 Å². The maximum Gasteiger partial charge on any atom is 0.235 e. The van der Waals surface area contributed by atoms with Crippen LogP contribution in [0, 0.1) is 17.9 Å². The van der Waals surface area contributed by atoms with Gasteiger partial charge in [-0.25, -0.2) is 9.83 Å². The number of rotatable bonds is 6. The Morgan fingerprint density at radius 2 is 2.10 bits per heavy atom. The highest BCUT2D eigenvalue weighted by atomic mass is 32.2. The van der Waals surface area contributed by atoms with Gasteiger partial charge in [0.15, 0.2) is 0 Å². The van der Waals surface area contributed by atoms with Gasteiger partial charge < -0.3 is 15.4 Å². The number of anilines is 1. The molecule has 1 aliphatic rings. The number of nitrogens with two attached hydrogens (primary N) is 1. The van der Waals surface area contributed by atoms with Crippen LogP contribution in [0.5, 0.6) is 0 Å². The maximum absolute atomic E-state index is 12.2. The molecule has 0 bridgehead atoms. The van der Waals surface area contributed by atoms with Crippen molar-refractivity contribution in [1.82, 2.24) is 4.98 Å². The van der Waals surface area contributed by atoms with E-state index in [0.717, 1.165) is 17.3 Å². The number of primary amides is 1. The lowest BCUT2D eigenvalue weighted by Gasteiger charge is -2.30. The number of hydrogen-bond acceptors (Lipinski definition) is 6. The molecule has 2 heterocycles. The Labute approximate surface area is 174 Å². The van der Waals surface area contributed by atoms with Crippen molar-refractivity contribution in [2.24, 2.45) is 5.73 Å². The van der Waals surface area contributed by atoms with Crippen molar-refractivity contribution in [3.05, 3.63) is 58.4 Å². The Bertz CT molecular complexity index is 975. The largest absolute Gasteiger partial charge is 0.378 e. The number of nitrogens with zero attached hydrogens (tertiary/aromatic N) is 4. The number of carbonyl (C=O) groups is 1. The van der Waals surface area contributed by atoms with Crippen LogP contribution in [0.3, 0.4) is 0 Å². The van der Waals surface area contributed by atoms with Crippen LogP contribution in [0.1, 0.15) is 28.9 Å². The Morgan fingerprint density at radius 1 is 1.41 bits per heavy atom. The zero-order valence-corrected chi connectivity index (χ0v) is 16.9. The Morgan fingerprint density at radius 3 is 2.66 bits per heavy atom. The van der Waals surface area contributed by atoms with Crippen molar-refractivity contribution in [2.45, 2.75) is 23.6 Å². The molecule has 0 spiro atoms. The maximum atomic E-state index is 12.2. The lowest BCUT2D eigenvalue weighted by Crippen LogP contribution is -2.37. The molecule has 1 saturated heterocycles. The van der Waals surface area contributed by atoms with E-state index >= 15 is 0 Å². The molecular weight excluding hydrogens is 386 g/mol. The predicted molar refractivity (Wildman–Crippen MR) is 112 cm³/mol. The second kappa shape index (κ2) is 9.42. The van der Waals surface area contributed by atoms with Gasteiger partial charge in [-0.15, -0.1) is 0 Å². The molecule has 2 aromatic rings. The third kappa shape index (κ3) is 4.34. The van der Waals surface area contributed by atoms with Crippen molar-refractivity contribution < 1.29 is 9.53 Å². The van der Waals surface area contributed by atoms with Gasteiger partial charge in [0.05, 0.1) is 25.3 Å². The van der Waals surface area contributed by atoms with E-state index in [1.54, 1.807) is 0 Å². The van der Waals surface area contributed by atoms with E-state index in [-0.39, 0.29) is 0 Å². The minimum absolute atomic E-state index is 0.336. The molecule has 29 heavy (non-hydrogen) atoms. The molecular formula is C21H21N5O2S. The fourth-order valence-electron chi connectivity index (χ4n) is 3.28. The van der Waals surface area contributed by atoms with Gasteiger partial charge in [0.1, 0.15) is 22.2 Å². The van der Waals surface area contributed by atoms with Gasteiger partial charge in [-0.3, -0.25) is 4.79 Å². The summed E-state index contributed by atoms with van der Waals surface area (Å²) in [5, 5.41) is 9.56. The average Bonchev–Trinajstić information content (AvgIpc) is 2.77. The highest BCUT2D eigenvalue weighted by molar-refractivity contribution is 8.00. The summed E-state index contributed by atoms with van der Waals surface area (Å²) in [6, 6.07) is 11.4. The van der Waals surface area contributed by atoms with Crippen molar-refractivity contribution >= 4 is 29.2 Å². The summed E-state index contributed by atoms with van der Waals surface area (Å²) in [5.74, 6) is 0.0325. The zero-order chi connectivity index (χ0) is 20.8. The summed E-state index contributed by atoms with van der Waals surface area (Å²) in [7, 11) is 0. The van der Waals surface area contributed by atoms with Crippen LogP contribution in [0.25, 0.3) is 4.85 Å². The molecule has 8 heteroatoms. The monoisotopic (exact) mass is 407 g/mol. The van der Waals surface area contributed by atoms with Gasteiger partial charge >= 0.3 is 0 Å². The standard InChI is InChI=1S/C21H21N5O2S/c1-3-15-16(13-22)21(29-18(19(23)27)14-7-5-4-6-8-14)25-20(17(15)24-2)26-9-11-28-12-10-26/h4-8,18H,3,9-12H2,1H3,(H2,23,27)/t18-/m1/s1. The van der Waals surface area contributed by atoms with Crippen molar-refractivity contribution in [3.8, 4) is 6.07 Å². The summed E-state index contributed by atoms with van der Waals surface area (Å²) in [6.45, 7) is 11.9. The molecule has 1 aromatic carbocycles. The minimum Gasteiger partial charge on any atom is -0.378 e. The van der Waals surface area contributed by atoms with Crippen molar-refractivity contribution in [1.29, 1.82) is 5.26 Å². The molecule has 0 saturated carbocycles. The van der Waals surface area contributed by atoms with Gasteiger partial charge in [0, 0.05) is 13.1 Å². The predicted octanol–water partition coefficient (Wildman–Crippen LogP) is 3.22. The fourth-order valence-corrected chi connectivity index (χ4v) is 4.33. The summed E-state index contributed by atoms with van der Waals surface area (Å²) < 4.78 is 5.41. The van der Waals surface area contributed by atoms with E-state index in [9.17, 15) is 10.1 Å². The third-order valence-corrected chi connectivity index (χ3v) is 5.96. The van der Waals surface area contributed by atoms with E-state index < -0.39 is 11.2 Å². The van der Waals surface area contributed by atoms with Crippen LogP contribution in [0.2, 0.25) is 0 Å². The third-order valence-electron chi connectivity index (χ3n) is 4.70. The molecule has 7 nitrogen and oxygen atoms in total. The molecule has 2 N–H and O–H groups in total. The number of morpholine rings is 1. The second-order valence-electron chi connectivity index (χ2n) is 6.43. The van der Waals surface area contributed by atoms with Gasteiger partial charge in [-0.1, -0.05) is 49.0 Å². The Hall–Kier alpha value is -3.07. The first kappa shape index (κ1) is 20.7. The molecule has 148 valence electrons. The number of ether oxygens (including phenoxy) is 1. The van der Waals surface area contributed by atoms with Gasteiger partial charge in [0.25, 0.3) is 0 Å². The zero-order valence-electron chi connectivity index (χ0n) is 16.1. The van der Waals surface area contributed by atoms with Crippen LogP contribution < -0.4 is 10.6 Å². The van der Waals surface area contributed by atoms with Gasteiger partial charge in [-0.2, -0.15) is 5.26 Å². The van der Waals surface area contributed by atoms with E-state index in [0.29, 0.717) is 60.4 Å². The minimum atomic E-state index is -0.683. The average molecular weight is 407 g/mol. The van der Waals surface area contributed by atoms with Crippen molar-refractivity contribution in [2.75, 3.05) is 31.2 Å². The van der Waals surface area contributed by atoms with Crippen LogP contribution in [-0.4, -0.2) is 37.2 Å². The Balaban J connectivity index is 2.13. The summed E-state index contributed by atoms with van der Waals surface area (Å²) in [6.07, 6.45) is 0.514. The van der Waals surface area contributed by atoms with Crippen LogP contribution in [0.4, 0.5) is 11.5 Å². The normalized spacial score (nSPS) is 14.7. The molecule has 1 amide bonds. The number of aromatic nitrogens is 1. The summed E-state index contributed by atoms with van der Waals surface area (Å²) in [4.78, 5) is 22.6.